The first-order chi connectivity index (χ1) is 5.93. The van der Waals surface area contributed by atoms with Crippen LogP contribution in [0.3, 0.4) is 0 Å². The summed E-state index contributed by atoms with van der Waals surface area (Å²) in [7, 11) is -2.91. The Bertz CT molecular complexity index is 224. The van der Waals surface area contributed by atoms with Gasteiger partial charge >= 0.3 is 0 Å². The van der Waals surface area contributed by atoms with E-state index in [0.29, 0.717) is 0 Å². The molecule has 2 unspecified atom stereocenters. The molecule has 0 amide bonds. The highest BCUT2D eigenvalue weighted by molar-refractivity contribution is 7.91. The Hall–Kier alpha value is -0.0900. The van der Waals surface area contributed by atoms with Gasteiger partial charge in [-0.1, -0.05) is 13.8 Å². The van der Waals surface area contributed by atoms with Gasteiger partial charge in [0.2, 0.25) is 0 Å². The van der Waals surface area contributed by atoms with Gasteiger partial charge in [0, 0.05) is 12.3 Å². The van der Waals surface area contributed by atoms with E-state index in [1.807, 2.05) is 6.92 Å². The summed E-state index contributed by atoms with van der Waals surface area (Å²) in [6.07, 6.45) is 3.19. The first-order valence-electron chi connectivity index (χ1n) is 4.85. The summed E-state index contributed by atoms with van der Waals surface area (Å²) in [5.74, 6) is 0. The van der Waals surface area contributed by atoms with Crippen molar-refractivity contribution in [1.29, 1.82) is 0 Å². The summed E-state index contributed by atoms with van der Waals surface area (Å²) in [6, 6.07) is 0.0925. The van der Waals surface area contributed by atoms with E-state index in [9.17, 15) is 8.42 Å². The van der Waals surface area contributed by atoms with Crippen LogP contribution in [0.2, 0.25) is 0 Å². The van der Waals surface area contributed by atoms with Crippen molar-refractivity contribution in [2.45, 2.75) is 44.9 Å². The average molecular weight is 207 g/mol. The maximum Gasteiger partial charge on any atom is 0.151 e. The van der Waals surface area contributed by atoms with E-state index in [4.69, 9.17) is 0 Å². The van der Waals surface area contributed by atoms with Crippen LogP contribution in [0, 0.1) is 0 Å². The zero-order chi connectivity index (χ0) is 10.5. The minimum atomic E-state index is -2.91. The Morgan fingerprint density at radius 2 is 1.85 bits per heavy atom. The molecule has 0 aromatic carbocycles. The van der Waals surface area contributed by atoms with E-state index in [1.54, 1.807) is 6.92 Å². The highest BCUT2D eigenvalue weighted by Gasteiger charge is 2.23. The fourth-order valence-corrected chi connectivity index (χ4v) is 2.16. The molecule has 0 aromatic heterocycles. The number of nitrogens with one attached hydrogen (secondary N) is 1. The molecule has 0 saturated carbocycles. The van der Waals surface area contributed by atoms with Crippen molar-refractivity contribution in [2.75, 3.05) is 12.8 Å². The third-order valence-corrected chi connectivity index (χ3v) is 4.02. The van der Waals surface area contributed by atoms with Crippen LogP contribution in [-0.4, -0.2) is 32.5 Å². The van der Waals surface area contributed by atoms with Gasteiger partial charge in [0.1, 0.15) is 0 Å². The van der Waals surface area contributed by atoms with Gasteiger partial charge in [0.15, 0.2) is 9.84 Å². The van der Waals surface area contributed by atoms with Crippen molar-refractivity contribution in [2.24, 2.45) is 0 Å². The first kappa shape index (κ1) is 12.9. The highest BCUT2D eigenvalue weighted by atomic mass is 32.2. The number of hydrogen-bond donors (Lipinski definition) is 1. The Morgan fingerprint density at radius 3 is 2.15 bits per heavy atom. The molecule has 0 fully saturated rings. The number of hydrogen-bond acceptors (Lipinski definition) is 3. The zero-order valence-corrected chi connectivity index (χ0v) is 9.82. The normalized spacial score (nSPS) is 16.9. The van der Waals surface area contributed by atoms with Crippen LogP contribution >= 0.6 is 0 Å². The molecule has 0 heterocycles. The molecule has 0 aromatic rings. The standard InChI is InChI=1S/C9H21NO2S/c1-5-7-10-9(6-2)8(3)13(4,11)12/h8-10H,5-7H2,1-4H3. The van der Waals surface area contributed by atoms with Crippen LogP contribution in [0.4, 0.5) is 0 Å². The topological polar surface area (TPSA) is 46.2 Å². The Kier molecular flexibility index (Phi) is 5.56. The number of rotatable bonds is 6. The average Bonchev–Trinajstić information content (AvgIpc) is 2.04. The molecule has 0 radical (unpaired) electrons. The monoisotopic (exact) mass is 207 g/mol. The van der Waals surface area contributed by atoms with Crippen LogP contribution < -0.4 is 5.32 Å². The second kappa shape index (κ2) is 5.60. The van der Waals surface area contributed by atoms with Gasteiger partial charge in [0.25, 0.3) is 0 Å². The number of sulfone groups is 1. The maximum absolute atomic E-state index is 11.3. The highest BCUT2D eigenvalue weighted by Crippen LogP contribution is 2.07. The van der Waals surface area contributed by atoms with Crippen molar-refractivity contribution >= 4 is 9.84 Å². The Balaban J connectivity index is 4.24. The van der Waals surface area contributed by atoms with E-state index in [-0.39, 0.29) is 11.3 Å². The summed E-state index contributed by atoms with van der Waals surface area (Å²) in [4.78, 5) is 0. The van der Waals surface area contributed by atoms with E-state index in [1.165, 1.54) is 6.26 Å². The molecular formula is C9H21NO2S. The maximum atomic E-state index is 11.3. The quantitative estimate of drug-likeness (QED) is 0.712. The van der Waals surface area contributed by atoms with Gasteiger partial charge in [-0.05, 0) is 26.3 Å². The first-order valence-corrected chi connectivity index (χ1v) is 6.81. The lowest BCUT2D eigenvalue weighted by Gasteiger charge is -2.22. The van der Waals surface area contributed by atoms with Crippen molar-refractivity contribution < 1.29 is 8.42 Å². The lowest BCUT2D eigenvalue weighted by Crippen LogP contribution is -2.42. The molecule has 13 heavy (non-hydrogen) atoms. The second-order valence-corrected chi connectivity index (χ2v) is 5.91. The Labute approximate surface area is 81.8 Å². The third kappa shape index (κ3) is 4.62. The smallest absolute Gasteiger partial charge is 0.151 e. The van der Waals surface area contributed by atoms with Crippen molar-refractivity contribution in [1.82, 2.24) is 5.32 Å². The fraction of sp³-hybridized carbons (Fsp3) is 1.00. The molecule has 2 atom stereocenters. The summed E-state index contributed by atoms with van der Waals surface area (Å²) >= 11 is 0. The predicted octanol–water partition coefficient (Wildman–Crippen LogP) is 1.20. The molecule has 0 aliphatic rings. The van der Waals surface area contributed by atoms with Crippen LogP contribution in [0.1, 0.15) is 33.6 Å². The van der Waals surface area contributed by atoms with E-state index < -0.39 is 9.84 Å². The van der Waals surface area contributed by atoms with Crippen LogP contribution in [-0.2, 0) is 9.84 Å². The molecule has 0 saturated heterocycles. The van der Waals surface area contributed by atoms with Crippen molar-refractivity contribution in [3.05, 3.63) is 0 Å². The van der Waals surface area contributed by atoms with Gasteiger partial charge in [-0.25, -0.2) is 8.42 Å². The summed E-state index contributed by atoms with van der Waals surface area (Å²) in [5, 5.41) is 2.96. The van der Waals surface area contributed by atoms with E-state index in [2.05, 4.69) is 12.2 Å². The van der Waals surface area contributed by atoms with Crippen LogP contribution in [0.15, 0.2) is 0 Å². The van der Waals surface area contributed by atoms with Crippen molar-refractivity contribution in [3.8, 4) is 0 Å². The zero-order valence-electron chi connectivity index (χ0n) is 9.00. The molecule has 0 bridgehead atoms. The SMILES string of the molecule is CCCNC(CC)C(C)S(C)(=O)=O. The minimum Gasteiger partial charge on any atom is -0.313 e. The van der Waals surface area contributed by atoms with Gasteiger partial charge in [-0.3, -0.25) is 0 Å². The van der Waals surface area contributed by atoms with E-state index >= 15 is 0 Å². The largest absolute Gasteiger partial charge is 0.313 e. The van der Waals surface area contributed by atoms with Crippen LogP contribution in [0.25, 0.3) is 0 Å². The summed E-state index contributed by atoms with van der Waals surface area (Å²) in [5.41, 5.74) is 0. The van der Waals surface area contributed by atoms with Gasteiger partial charge < -0.3 is 5.32 Å². The van der Waals surface area contributed by atoms with Gasteiger partial charge in [0.05, 0.1) is 5.25 Å². The third-order valence-electron chi connectivity index (χ3n) is 2.34. The molecule has 1 N–H and O–H groups in total. The molecule has 0 aliphatic carbocycles. The molecular weight excluding hydrogens is 186 g/mol. The Morgan fingerprint density at radius 1 is 1.31 bits per heavy atom. The lowest BCUT2D eigenvalue weighted by atomic mass is 10.1. The van der Waals surface area contributed by atoms with Crippen molar-refractivity contribution in [3.63, 3.8) is 0 Å². The van der Waals surface area contributed by atoms with Gasteiger partial charge in [-0.2, -0.15) is 0 Å². The molecule has 0 rings (SSSR count). The minimum absolute atomic E-state index is 0.0925. The lowest BCUT2D eigenvalue weighted by molar-refractivity contribution is 0.474. The second-order valence-electron chi connectivity index (χ2n) is 3.50. The summed E-state index contributed by atoms with van der Waals surface area (Å²) in [6.45, 7) is 6.74. The van der Waals surface area contributed by atoms with Gasteiger partial charge in [-0.15, -0.1) is 0 Å². The molecule has 0 aliphatic heterocycles. The molecule has 4 heteroatoms. The fourth-order valence-electron chi connectivity index (χ4n) is 1.27. The predicted molar refractivity (Wildman–Crippen MR) is 56.7 cm³/mol. The molecule has 3 nitrogen and oxygen atoms in total. The van der Waals surface area contributed by atoms with E-state index in [0.717, 1.165) is 19.4 Å². The van der Waals surface area contributed by atoms with Crippen LogP contribution in [0.5, 0.6) is 0 Å². The summed E-state index contributed by atoms with van der Waals surface area (Å²) < 4.78 is 22.5. The molecule has 80 valence electrons. The molecule has 0 spiro atoms.